The lowest BCUT2D eigenvalue weighted by Crippen LogP contribution is -2.16. The summed E-state index contributed by atoms with van der Waals surface area (Å²) in [5.74, 6) is -0.513. The van der Waals surface area contributed by atoms with Crippen molar-refractivity contribution in [3.63, 3.8) is 0 Å². The number of primary sulfonamides is 1. The maximum Gasteiger partial charge on any atom is 0.341 e. The lowest BCUT2D eigenvalue weighted by molar-refractivity contribution is 0.0488. The molecule has 1 rings (SSSR count). The highest BCUT2D eigenvalue weighted by Gasteiger charge is 2.26. The van der Waals surface area contributed by atoms with E-state index in [0.29, 0.717) is 12.3 Å². The standard InChI is InChI=1S/C12H14Cl3NO4S/c1-6(2)3-4-20-12(17)9-10(14)7(13)5-8(11(9)15)21(16,18)19/h5-6H,3-4H2,1-2H3,(H2,16,18,19). The third-order valence-corrected chi connectivity index (χ3v) is 4.79. The van der Waals surface area contributed by atoms with Crippen molar-refractivity contribution >= 4 is 50.8 Å². The van der Waals surface area contributed by atoms with Crippen LogP contribution >= 0.6 is 34.8 Å². The van der Waals surface area contributed by atoms with Gasteiger partial charge in [0.25, 0.3) is 0 Å². The molecule has 1 aromatic carbocycles. The number of esters is 1. The van der Waals surface area contributed by atoms with Crippen LogP contribution < -0.4 is 5.14 Å². The second-order valence-corrected chi connectivity index (χ2v) is 7.42. The normalized spacial score (nSPS) is 11.8. The van der Waals surface area contributed by atoms with E-state index in [1.54, 1.807) is 0 Å². The van der Waals surface area contributed by atoms with Crippen molar-refractivity contribution in [1.82, 2.24) is 0 Å². The predicted octanol–water partition coefficient (Wildman–Crippen LogP) is 3.50. The Morgan fingerprint density at radius 2 is 1.86 bits per heavy atom. The van der Waals surface area contributed by atoms with Crippen LogP contribution in [-0.4, -0.2) is 21.0 Å². The van der Waals surface area contributed by atoms with Crippen molar-refractivity contribution in [2.45, 2.75) is 25.2 Å². The molecule has 2 N–H and O–H groups in total. The summed E-state index contributed by atoms with van der Waals surface area (Å²) < 4.78 is 27.9. The monoisotopic (exact) mass is 373 g/mol. The lowest BCUT2D eigenvalue weighted by Gasteiger charge is -2.12. The van der Waals surface area contributed by atoms with E-state index in [0.717, 1.165) is 6.07 Å². The highest BCUT2D eigenvalue weighted by atomic mass is 35.5. The summed E-state index contributed by atoms with van der Waals surface area (Å²) in [5, 5.41) is 4.29. The van der Waals surface area contributed by atoms with E-state index in [9.17, 15) is 13.2 Å². The molecule has 0 saturated carbocycles. The van der Waals surface area contributed by atoms with Crippen LogP contribution in [0, 0.1) is 5.92 Å². The largest absolute Gasteiger partial charge is 0.462 e. The molecule has 0 atom stereocenters. The zero-order valence-electron chi connectivity index (χ0n) is 11.3. The summed E-state index contributed by atoms with van der Waals surface area (Å²) in [6.45, 7) is 4.08. The van der Waals surface area contributed by atoms with Crippen LogP contribution in [0.25, 0.3) is 0 Å². The number of carbonyl (C=O) groups is 1. The topological polar surface area (TPSA) is 86.5 Å². The molecule has 0 aliphatic heterocycles. The Bertz CT molecular complexity index is 659. The van der Waals surface area contributed by atoms with Gasteiger partial charge in [0, 0.05) is 0 Å². The van der Waals surface area contributed by atoms with E-state index in [1.165, 1.54) is 0 Å². The van der Waals surface area contributed by atoms with E-state index in [2.05, 4.69) is 0 Å². The number of halogens is 3. The number of rotatable bonds is 5. The van der Waals surface area contributed by atoms with Crippen molar-refractivity contribution < 1.29 is 17.9 Å². The van der Waals surface area contributed by atoms with Gasteiger partial charge in [0.1, 0.15) is 4.90 Å². The molecule has 0 aliphatic carbocycles. The Balaban J connectivity index is 3.23. The van der Waals surface area contributed by atoms with E-state index in [-0.39, 0.29) is 22.2 Å². The van der Waals surface area contributed by atoms with Gasteiger partial charge in [-0.3, -0.25) is 0 Å². The van der Waals surface area contributed by atoms with Crippen molar-refractivity contribution in [1.29, 1.82) is 0 Å². The van der Waals surface area contributed by atoms with Crippen LogP contribution in [0.2, 0.25) is 15.1 Å². The zero-order valence-corrected chi connectivity index (χ0v) is 14.4. The van der Waals surface area contributed by atoms with Gasteiger partial charge >= 0.3 is 5.97 Å². The van der Waals surface area contributed by atoms with Gasteiger partial charge in [-0.15, -0.1) is 0 Å². The molecule has 0 heterocycles. The second kappa shape index (κ2) is 7.15. The molecule has 118 valence electrons. The SMILES string of the molecule is CC(C)CCOC(=O)c1c(Cl)c(Cl)cc(S(N)(=O)=O)c1Cl. The average Bonchev–Trinajstić information content (AvgIpc) is 2.32. The predicted molar refractivity (Wildman–Crippen MR) is 82.6 cm³/mol. The number of nitrogens with two attached hydrogens (primary N) is 1. The minimum atomic E-state index is -4.15. The van der Waals surface area contributed by atoms with Gasteiger partial charge in [0.2, 0.25) is 10.0 Å². The maximum atomic E-state index is 12.0. The zero-order chi connectivity index (χ0) is 16.4. The Hall–Kier alpha value is -0.530. The third kappa shape index (κ3) is 4.72. The van der Waals surface area contributed by atoms with Crippen LogP contribution in [-0.2, 0) is 14.8 Å². The van der Waals surface area contributed by atoms with Gasteiger partial charge in [-0.1, -0.05) is 48.7 Å². The van der Waals surface area contributed by atoms with Crippen LogP contribution in [0.1, 0.15) is 30.6 Å². The van der Waals surface area contributed by atoms with Crippen molar-refractivity contribution in [2.75, 3.05) is 6.61 Å². The van der Waals surface area contributed by atoms with Gasteiger partial charge in [-0.05, 0) is 18.4 Å². The number of sulfonamides is 1. The first kappa shape index (κ1) is 18.5. The molecule has 0 spiro atoms. The van der Waals surface area contributed by atoms with Crippen molar-refractivity contribution in [3.05, 3.63) is 26.7 Å². The van der Waals surface area contributed by atoms with E-state index < -0.39 is 25.9 Å². The smallest absolute Gasteiger partial charge is 0.341 e. The molecule has 21 heavy (non-hydrogen) atoms. The highest BCUT2D eigenvalue weighted by molar-refractivity contribution is 7.89. The maximum absolute atomic E-state index is 12.0. The Morgan fingerprint density at radius 1 is 1.29 bits per heavy atom. The Kier molecular flexibility index (Phi) is 6.31. The number of carbonyl (C=O) groups excluding carboxylic acids is 1. The fourth-order valence-electron chi connectivity index (χ4n) is 1.43. The van der Waals surface area contributed by atoms with Crippen LogP contribution in [0.15, 0.2) is 11.0 Å². The second-order valence-electron chi connectivity index (χ2n) is 4.72. The van der Waals surface area contributed by atoms with Gasteiger partial charge in [-0.2, -0.15) is 0 Å². The third-order valence-electron chi connectivity index (χ3n) is 2.56. The van der Waals surface area contributed by atoms with E-state index in [1.807, 2.05) is 13.8 Å². The number of hydrogen-bond donors (Lipinski definition) is 1. The molecule has 0 bridgehead atoms. The summed E-state index contributed by atoms with van der Waals surface area (Å²) >= 11 is 17.6. The van der Waals surface area contributed by atoms with Crippen molar-refractivity contribution in [3.8, 4) is 0 Å². The van der Waals surface area contributed by atoms with Gasteiger partial charge in [0.05, 0.1) is 27.2 Å². The number of benzene rings is 1. The summed E-state index contributed by atoms with van der Waals surface area (Å²) in [7, 11) is -4.15. The molecule has 0 saturated heterocycles. The highest BCUT2D eigenvalue weighted by Crippen LogP contribution is 2.36. The molecule has 5 nitrogen and oxygen atoms in total. The molecule has 1 aromatic rings. The lowest BCUT2D eigenvalue weighted by atomic mass is 10.1. The van der Waals surface area contributed by atoms with E-state index >= 15 is 0 Å². The molecular weight excluding hydrogens is 361 g/mol. The molecule has 0 unspecified atom stereocenters. The first-order valence-electron chi connectivity index (χ1n) is 5.93. The first-order valence-corrected chi connectivity index (χ1v) is 8.61. The molecule has 0 radical (unpaired) electrons. The number of hydrogen-bond acceptors (Lipinski definition) is 4. The van der Waals surface area contributed by atoms with Gasteiger partial charge in [0.15, 0.2) is 0 Å². The first-order chi connectivity index (χ1) is 9.55. The molecule has 0 aliphatic rings. The minimum absolute atomic E-state index is 0.152. The summed E-state index contributed by atoms with van der Waals surface area (Å²) in [6.07, 6.45) is 0.642. The quantitative estimate of drug-likeness (QED) is 0.631. The summed E-state index contributed by atoms with van der Waals surface area (Å²) in [6, 6.07) is 0.993. The molecule has 0 fully saturated rings. The van der Waals surface area contributed by atoms with Crippen molar-refractivity contribution in [2.24, 2.45) is 11.1 Å². The van der Waals surface area contributed by atoms with Gasteiger partial charge < -0.3 is 4.74 Å². The fourth-order valence-corrected chi connectivity index (χ4v) is 3.15. The summed E-state index contributed by atoms with van der Waals surface area (Å²) in [4.78, 5) is 11.5. The van der Waals surface area contributed by atoms with Crippen LogP contribution in [0.4, 0.5) is 0 Å². The van der Waals surface area contributed by atoms with E-state index in [4.69, 9.17) is 44.7 Å². The molecule has 0 aromatic heterocycles. The fraction of sp³-hybridized carbons (Fsp3) is 0.417. The molecule has 9 heteroatoms. The Morgan fingerprint density at radius 3 is 2.33 bits per heavy atom. The number of ether oxygens (including phenoxy) is 1. The molecular formula is C12H14Cl3NO4S. The Labute approximate surface area is 138 Å². The average molecular weight is 375 g/mol. The minimum Gasteiger partial charge on any atom is -0.462 e. The van der Waals surface area contributed by atoms with Crippen LogP contribution in [0.5, 0.6) is 0 Å². The van der Waals surface area contributed by atoms with Crippen LogP contribution in [0.3, 0.4) is 0 Å². The van der Waals surface area contributed by atoms with Gasteiger partial charge in [-0.25, -0.2) is 18.4 Å². The molecule has 0 amide bonds. The summed E-state index contributed by atoms with van der Waals surface area (Å²) in [5.41, 5.74) is -0.307.